The molecule has 0 aromatic heterocycles. The predicted octanol–water partition coefficient (Wildman–Crippen LogP) is -8.79. The van der Waals surface area contributed by atoms with Gasteiger partial charge < -0.3 is 120 Å². The molecular formula is C36H63NO25. The summed E-state index contributed by atoms with van der Waals surface area (Å²) in [5, 5.41) is 159. The zero-order chi connectivity index (χ0) is 46.2. The topological polar surface area (TPSA) is 437 Å². The summed E-state index contributed by atoms with van der Waals surface area (Å²) < 4.78 is 45.6. The molecule has 17 N–H and O–H groups in total. The first kappa shape index (κ1) is 52.8. The fourth-order valence-electron chi connectivity index (χ4n) is 7.66. The fraction of sp³-hybridized carbons (Fsp3) is 0.944. The molecule has 362 valence electrons. The maximum absolute atomic E-state index is 12.6. The van der Waals surface area contributed by atoms with Gasteiger partial charge in [-0.25, -0.2) is 4.79 Å². The Bertz CT molecular complexity index is 1390. The summed E-state index contributed by atoms with van der Waals surface area (Å²) in [6.07, 6.45) is -38.8. The number of carboxylic acids is 1. The number of Topliss-reactive ketones (excluding diaryl/α,β-unsaturated/α-hetero) is 1. The van der Waals surface area contributed by atoms with Crippen molar-refractivity contribution in [2.75, 3.05) is 39.6 Å². The van der Waals surface area contributed by atoms with Gasteiger partial charge in [-0.05, 0) is 19.4 Å². The summed E-state index contributed by atoms with van der Waals surface area (Å²) in [5.41, 5.74) is 5.45. The highest BCUT2D eigenvalue weighted by Crippen LogP contribution is 2.39. The second-order valence-electron chi connectivity index (χ2n) is 15.8. The van der Waals surface area contributed by atoms with Crippen LogP contribution in [0, 0.1) is 5.92 Å². The number of hydrogen-bond donors (Lipinski definition) is 16. The smallest absolute Gasteiger partial charge is 0.364 e. The first-order chi connectivity index (χ1) is 29.3. The lowest BCUT2D eigenvalue weighted by atomic mass is 9.91. The SMILES string of the molecule is C[C@@H]1C(O)[C@H](O)C(CO)O[C@@H]1OC1C(O)[C@H](O)[C@H]([C@@H](O)CO)O[C@@H]1O[C@@H]1C(O)[C@@H](O[C@H]2C([C@H](O)CO)O[C@@](OCCC(=O)CCCCN)(C(=O)O)C[C@H]2O)OC([C@@H](O)CO)[C@H]1O. The van der Waals surface area contributed by atoms with E-state index < -0.39 is 180 Å². The van der Waals surface area contributed by atoms with Crippen LogP contribution < -0.4 is 5.73 Å². The van der Waals surface area contributed by atoms with Crippen LogP contribution in [0.1, 0.15) is 39.0 Å². The summed E-state index contributed by atoms with van der Waals surface area (Å²) >= 11 is 0. The molecule has 0 spiro atoms. The standard InChI is InChI=1S/C36H63NO25/c1-13-20(47)21(48)19(12-41)56-32(13)61-31-23(50)22(49)26(16(44)9-38)58-34(31)60-30-24(51)27(17(45)10-39)57-33(25(30)52)59-28-15(43)8-36(35(53)54,62-29(28)18(46)11-40)55-7-5-14(42)4-2-3-6-37/h13,15-34,38-41,43-52H,2-12,37H2,1H3,(H,53,54)/t13-,15-,16+,17+,18-,19?,20?,21-,22+,23?,24-,25?,26+,27?,28-,29?,30+,31?,32-,33-,34-,36-/m1/s1. The number of rotatable bonds is 22. The minimum absolute atomic E-state index is 0.129. The van der Waals surface area contributed by atoms with E-state index >= 15 is 0 Å². The maximum Gasteiger partial charge on any atom is 0.364 e. The van der Waals surface area contributed by atoms with Gasteiger partial charge in [0.1, 0.15) is 97.3 Å². The van der Waals surface area contributed by atoms with E-state index in [1.54, 1.807) is 0 Å². The summed E-state index contributed by atoms with van der Waals surface area (Å²) in [5.74, 6) is -5.92. The van der Waals surface area contributed by atoms with Crippen LogP contribution in [0.25, 0.3) is 0 Å². The third kappa shape index (κ3) is 12.0. The van der Waals surface area contributed by atoms with Gasteiger partial charge in [0.2, 0.25) is 0 Å². The Balaban J connectivity index is 1.64. The van der Waals surface area contributed by atoms with Crippen molar-refractivity contribution in [1.82, 2.24) is 0 Å². The van der Waals surface area contributed by atoms with Crippen LogP contribution in [0.2, 0.25) is 0 Å². The van der Waals surface area contributed by atoms with Gasteiger partial charge in [0.05, 0.1) is 45.2 Å². The maximum atomic E-state index is 12.6. The molecule has 4 saturated heterocycles. The Morgan fingerprint density at radius 2 is 1.23 bits per heavy atom. The van der Waals surface area contributed by atoms with E-state index in [2.05, 4.69) is 0 Å². The van der Waals surface area contributed by atoms with Crippen LogP contribution in [-0.4, -0.2) is 256 Å². The lowest BCUT2D eigenvalue weighted by Gasteiger charge is -2.51. The molecular weight excluding hydrogens is 846 g/mol. The number of carboxylic acid groups (broad SMARTS) is 1. The number of unbranched alkanes of at least 4 members (excludes halogenated alkanes) is 1. The highest BCUT2D eigenvalue weighted by molar-refractivity contribution is 5.78. The van der Waals surface area contributed by atoms with E-state index in [1.165, 1.54) is 6.92 Å². The van der Waals surface area contributed by atoms with Crippen molar-refractivity contribution in [3.05, 3.63) is 0 Å². The fourth-order valence-corrected chi connectivity index (χ4v) is 7.66. The average molecular weight is 910 g/mol. The van der Waals surface area contributed by atoms with Crippen molar-refractivity contribution < 1.29 is 124 Å². The van der Waals surface area contributed by atoms with E-state index in [1.807, 2.05) is 0 Å². The van der Waals surface area contributed by atoms with E-state index in [-0.39, 0.29) is 18.6 Å². The molecule has 0 saturated carbocycles. The highest BCUT2D eigenvalue weighted by Gasteiger charge is 2.59. The molecule has 62 heavy (non-hydrogen) atoms. The number of aliphatic hydroxyl groups excluding tert-OH is 14. The predicted molar refractivity (Wildman–Crippen MR) is 197 cm³/mol. The molecule has 7 unspecified atom stereocenters. The van der Waals surface area contributed by atoms with Crippen molar-refractivity contribution in [2.45, 2.75) is 167 Å². The molecule has 4 fully saturated rings. The Morgan fingerprint density at radius 3 is 1.81 bits per heavy atom. The molecule has 26 nitrogen and oxygen atoms in total. The van der Waals surface area contributed by atoms with Crippen molar-refractivity contribution in [1.29, 1.82) is 0 Å². The molecule has 0 aliphatic carbocycles. The van der Waals surface area contributed by atoms with Crippen molar-refractivity contribution in [3.8, 4) is 0 Å². The number of carbonyl (C=O) groups excluding carboxylic acids is 1. The molecule has 22 atom stereocenters. The Hall–Kier alpha value is -1.78. The van der Waals surface area contributed by atoms with Crippen LogP contribution in [0.5, 0.6) is 0 Å². The van der Waals surface area contributed by atoms with Crippen LogP contribution in [0.15, 0.2) is 0 Å². The van der Waals surface area contributed by atoms with Gasteiger partial charge in [-0.2, -0.15) is 0 Å². The second kappa shape index (κ2) is 23.6. The molecule has 4 aliphatic rings. The van der Waals surface area contributed by atoms with Gasteiger partial charge in [-0.15, -0.1) is 0 Å². The highest BCUT2D eigenvalue weighted by atomic mass is 16.8. The van der Waals surface area contributed by atoms with Crippen molar-refractivity contribution in [2.24, 2.45) is 11.7 Å². The number of nitrogens with two attached hydrogens (primary N) is 1. The molecule has 4 aliphatic heterocycles. The second-order valence-corrected chi connectivity index (χ2v) is 15.8. The van der Waals surface area contributed by atoms with E-state index in [4.69, 9.17) is 43.6 Å². The van der Waals surface area contributed by atoms with Gasteiger partial charge in [0, 0.05) is 25.2 Å². The Labute approximate surface area is 354 Å². The Kier molecular flexibility index (Phi) is 20.1. The zero-order valence-corrected chi connectivity index (χ0v) is 33.8. The molecule has 26 heteroatoms. The van der Waals surface area contributed by atoms with Gasteiger partial charge >= 0.3 is 5.97 Å². The summed E-state index contributed by atoms with van der Waals surface area (Å²) in [7, 11) is 0. The molecule has 4 rings (SSSR count). The van der Waals surface area contributed by atoms with Crippen molar-refractivity contribution >= 4 is 11.8 Å². The van der Waals surface area contributed by atoms with Crippen LogP contribution in [-0.2, 0) is 47.5 Å². The van der Waals surface area contributed by atoms with Crippen LogP contribution in [0.3, 0.4) is 0 Å². The normalized spacial score (nSPS) is 43.2. The summed E-state index contributed by atoms with van der Waals surface area (Å²) in [6.45, 7) is -2.86. The quantitative estimate of drug-likeness (QED) is 0.0449. The van der Waals surface area contributed by atoms with E-state index in [0.29, 0.717) is 19.4 Å². The number of aliphatic hydroxyl groups is 14. The molecule has 0 amide bonds. The van der Waals surface area contributed by atoms with Crippen molar-refractivity contribution in [3.63, 3.8) is 0 Å². The number of ketones is 1. The largest absolute Gasteiger partial charge is 0.477 e. The summed E-state index contributed by atoms with van der Waals surface area (Å²) in [4.78, 5) is 24.9. The lowest BCUT2D eigenvalue weighted by molar-refractivity contribution is -0.400. The van der Waals surface area contributed by atoms with Gasteiger partial charge in [-0.1, -0.05) is 6.92 Å². The molecule has 0 aromatic carbocycles. The minimum atomic E-state index is -2.72. The van der Waals surface area contributed by atoms with E-state index in [0.717, 1.165) is 0 Å². The Morgan fingerprint density at radius 1 is 0.661 bits per heavy atom. The minimum Gasteiger partial charge on any atom is -0.477 e. The first-order valence-corrected chi connectivity index (χ1v) is 20.2. The lowest BCUT2D eigenvalue weighted by Crippen LogP contribution is -2.69. The average Bonchev–Trinajstić information content (AvgIpc) is 3.25. The number of hydrogen-bond acceptors (Lipinski definition) is 25. The molecule has 0 aromatic rings. The van der Waals surface area contributed by atoms with Crippen LogP contribution >= 0.6 is 0 Å². The van der Waals surface area contributed by atoms with Gasteiger partial charge in [0.15, 0.2) is 18.9 Å². The molecule has 0 radical (unpaired) electrons. The monoisotopic (exact) mass is 909 g/mol. The van der Waals surface area contributed by atoms with Gasteiger partial charge in [0.25, 0.3) is 5.79 Å². The number of carbonyl (C=O) groups is 2. The molecule has 0 bridgehead atoms. The third-order valence-corrected chi connectivity index (χ3v) is 11.4. The van der Waals surface area contributed by atoms with Crippen LogP contribution in [0.4, 0.5) is 0 Å². The number of ether oxygens (including phenoxy) is 8. The zero-order valence-electron chi connectivity index (χ0n) is 33.8. The number of aliphatic carboxylic acids is 1. The first-order valence-electron chi connectivity index (χ1n) is 20.2. The molecule has 4 heterocycles. The van der Waals surface area contributed by atoms with E-state index in [9.17, 15) is 86.2 Å². The summed E-state index contributed by atoms with van der Waals surface area (Å²) in [6, 6.07) is 0. The van der Waals surface area contributed by atoms with Gasteiger partial charge in [-0.3, -0.25) is 4.79 Å². The third-order valence-electron chi connectivity index (χ3n) is 11.4.